The lowest BCUT2D eigenvalue weighted by atomic mass is 10.1. The normalized spacial score (nSPS) is 22.2. The molecule has 3 heteroatoms. The van der Waals surface area contributed by atoms with Crippen molar-refractivity contribution in [3.8, 4) is 0 Å². The van der Waals surface area contributed by atoms with Gasteiger partial charge < -0.3 is 10.4 Å². The Kier molecular flexibility index (Phi) is 3.93. The fraction of sp³-hybridized carbons (Fsp3) is 0.538. The van der Waals surface area contributed by atoms with Crippen LogP contribution in [0.2, 0.25) is 0 Å². The van der Waals surface area contributed by atoms with Crippen molar-refractivity contribution >= 4 is 0 Å². The fourth-order valence-corrected chi connectivity index (χ4v) is 2.16. The molecule has 1 saturated heterocycles. The summed E-state index contributed by atoms with van der Waals surface area (Å²) in [6, 6.07) is 8.81. The molecule has 2 rings (SSSR count). The average molecular weight is 220 g/mol. The fourth-order valence-electron chi connectivity index (χ4n) is 2.16. The van der Waals surface area contributed by atoms with Crippen LogP contribution in [0.4, 0.5) is 0 Å². The van der Waals surface area contributed by atoms with Gasteiger partial charge in [0.25, 0.3) is 0 Å². The quantitative estimate of drug-likeness (QED) is 0.797. The average Bonchev–Trinajstić information content (AvgIpc) is 2.30. The zero-order valence-corrected chi connectivity index (χ0v) is 9.82. The van der Waals surface area contributed by atoms with E-state index in [0.29, 0.717) is 6.04 Å². The van der Waals surface area contributed by atoms with Crippen molar-refractivity contribution in [2.24, 2.45) is 0 Å². The SMILES string of the molecule is C[C@@H]1CN(Cc2ccc(CO)cc2)CCN1. The Morgan fingerprint density at radius 2 is 2.00 bits per heavy atom. The molecule has 0 saturated carbocycles. The van der Waals surface area contributed by atoms with Crippen molar-refractivity contribution in [1.82, 2.24) is 10.2 Å². The molecule has 0 bridgehead atoms. The highest BCUT2D eigenvalue weighted by Gasteiger charge is 2.15. The maximum Gasteiger partial charge on any atom is 0.0681 e. The molecule has 0 radical (unpaired) electrons. The summed E-state index contributed by atoms with van der Waals surface area (Å²) in [5, 5.41) is 12.4. The minimum absolute atomic E-state index is 0.130. The summed E-state index contributed by atoms with van der Waals surface area (Å²) in [4.78, 5) is 2.47. The van der Waals surface area contributed by atoms with Crippen molar-refractivity contribution in [1.29, 1.82) is 0 Å². The third kappa shape index (κ3) is 3.04. The first-order chi connectivity index (χ1) is 7.78. The van der Waals surface area contributed by atoms with Gasteiger partial charge in [0.1, 0.15) is 0 Å². The molecule has 2 N–H and O–H groups in total. The molecule has 1 aliphatic rings. The second-order valence-electron chi connectivity index (χ2n) is 4.56. The van der Waals surface area contributed by atoms with Crippen molar-refractivity contribution in [2.75, 3.05) is 19.6 Å². The van der Waals surface area contributed by atoms with E-state index in [1.165, 1.54) is 5.56 Å². The van der Waals surface area contributed by atoms with Crippen LogP contribution < -0.4 is 5.32 Å². The Balaban J connectivity index is 1.92. The first-order valence-corrected chi connectivity index (χ1v) is 5.92. The Morgan fingerprint density at radius 1 is 1.31 bits per heavy atom. The molecule has 1 aromatic rings. The van der Waals surface area contributed by atoms with Crippen LogP contribution in [0.1, 0.15) is 18.1 Å². The van der Waals surface area contributed by atoms with Crippen LogP contribution in [-0.4, -0.2) is 35.7 Å². The number of aliphatic hydroxyl groups excluding tert-OH is 1. The maximum absolute atomic E-state index is 8.97. The lowest BCUT2D eigenvalue weighted by Crippen LogP contribution is -2.48. The van der Waals surface area contributed by atoms with Gasteiger partial charge in [0.15, 0.2) is 0 Å². The van der Waals surface area contributed by atoms with Crippen LogP contribution in [0.5, 0.6) is 0 Å². The lowest BCUT2D eigenvalue weighted by molar-refractivity contribution is 0.199. The Bertz CT molecular complexity index is 323. The van der Waals surface area contributed by atoms with Gasteiger partial charge in [-0.3, -0.25) is 4.90 Å². The van der Waals surface area contributed by atoms with Gasteiger partial charge in [-0.2, -0.15) is 0 Å². The lowest BCUT2D eigenvalue weighted by Gasteiger charge is -2.31. The molecule has 1 aromatic carbocycles. The molecule has 0 aliphatic carbocycles. The summed E-state index contributed by atoms with van der Waals surface area (Å²) in [6.45, 7) is 6.67. The third-order valence-corrected chi connectivity index (χ3v) is 3.06. The molecular formula is C13H20N2O. The molecule has 1 atom stereocenters. The predicted octanol–water partition coefficient (Wildman–Crippen LogP) is 0.973. The Labute approximate surface area is 97.1 Å². The van der Waals surface area contributed by atoms with Gasteiger partial charge >= 0.3 is 0 Å². The van der Waals surface area contributed by atoms with Gasteiger partial charge in [0, 0.05) is 32.2 Å². The summed E-state index contributed by atoms with van der Waals surface area (Å²) < 4.78 is 0. The monoisotopic (exact) mass is 220 g/mol. The minimum Gasteiger partial charge on any atom is -0.392 e. The van der Waals surface area contributed by atoms with Crippen LogP contribution >= 0.6 is 0 Å². The smallest absolute Gasteiger partial charge is 0.0681 e. The topological polar surface area (TPSA) is 35.5 Å². The van der Waals surface area contributed by atoms with Crippen molar-refractivity contribution in [2.45, 2.75) is 26.1 Å². The number of nitrogens with one attached hydrogen (secondary N) is 1. The van der Waals surface area contributed by atoms with Gasteiger partial charge in [0.2, 0.25) is 0 Å². The van der Waals surface area contributed by atoms with E-state index in [9.17, 15) is 0 Å². The number of aliphatic hydroxyl groups is 1. The van der Waals surface area contributed by atoms with E-state index in [-0.39, 0.29) is 6.61 Å². The minimum atomic E-state index is 0.130. The number of piperazine rings is 1. The zero-order chi connectivity index (χ0) is 11.4. The molecule has 0 spiro atoms. The number of nitrogens with zero attached hydrogens (tertiary/aromatic N) is 1. The zero-order valence-electron chi connectivity index (χ0n) is 9.82. The largest absolute Gasteiger partial charge is 0.392 e. The molecule has 3 nitrogen and oxygen atoms in total. The third-order valence-electron chi connectivity index (χ3n) is 3.06. The van der Waals surface area contributed by atoms with Crippen LogP contribution in [0.25, 0.3) is 0 Å². The highest BCUT2D eigenvalue weighted by Crippen LogP contribution is 2.09. The van der Waals surface area contributed by atoms with E-state index in [0.717, 1.165) is 31.7 Å². The maximum atomic E-state index is 8.97. The van der Waals surface area contributed by atoms with Gasteiger partial charge in [0.05, 0.1) is 6.61 Å². The molecule has 1 aliphatic heterocycles. The molecule has 0 amide bonds. The highest BCUT2D eigenvalue weighted by molar-refractivity contribution is 5.21. The molecule has 0 unspecified atom stereocenters. The van der Waals surface area contributed by atoms with E-state index < -0.39 is 0 Å². The Morgan fingerprint density at radius 3 is 2.62 bits per heavy atom. The molecule has 88 valence electrons. The molecule has 1 fully saturated rings. The Hall–Kier alpha value is -0.900. The number of hydrogen-bond donors (Lipinski definition) is 2. The summed E-state index contributed by atoms with van der Waals surface area (Å²) in [5.41, 5.74) is 2.31. The number of benzene rings is 1. The molecule has 1 heterocycles. The van der Waals surface area contributed by atoms with Gasteiger partial charge in [-0.15, -0.1) is 0 Å². The summed E-state index contributed by atoms with van der Waals surface area (Å²) in [5.74, 6) is 0. The summed E-state index contributed by atoms with van der Waals surface area (Å²) in [6.07, 6.45) is 0. The predicted molar refractivity (Wildman–Crippen MR) is 65.1 cm³/mol. The highest BCUT2D eigenvalue weighted by atomic mass is 16.3. The second kappa shape index (κ2) is 5.43. The van der Waals surface area contributed by atoms with Crippen molar-refractivity contribution in [3.63, 3.8) is 0 Å². The van der Waals surface area contributed by atoms with Crippen LogP contribution in [0.3, 0.4) is 0 Å². The van der Waals surface area contributed by atoms with E-state index in [4.69, 9.17) is 5.11 Å². The summed E-state index contributed by atoms with van der Waals surface area (Å²) in [7, 11) is 0. The second-order valence-corrected chi connectivity index (χ2v) is 4.56. The van der Waals surface area contributed by atoms with E-state index >= 15 is 0 Å². The van der Waals surface area contributed by atoms with Gasteiger partial charge in [-0.25, -0.2) is 0 Å². The molecule has 16 heavy (non-hydrogen) atoms. The first-order valence-electron chi connectivity index (χ1n) is 5.92. The van der Waals surface area contributed by atoms with E-state index in [1.807, 2.05) is 12.1 Å². The van der Waals surface area contributed by atoms with E-state index in [2.05, 4.69) is 29.3 Å². The molecule has 0 aromatic heterocycles. The van der Waals surface area contributed by atoms with Crippen LogP contribution in [0, 0.1) is 0 Å². The number of hydrogen-bond acceptors (Lipinski definition) is 3. The van der Waals surface area contributed by atoms with Crippen LogP contribution in [-0.2, 0) is 13.2 Å². The van der Waals surface area contributed by atoms with E-state index in [1.54, 1.807) is 0 Å². The van der Waals surface area contributed by atoms with Crippen molar-refractivity contribution < 1.29 is 5.11 Å². The standard InChI is InChI=1S/C13H20N2O/c1-11-8-15(7-6-14-11)9-12-2-4-13(10-16)5-3-12/h2-5,11,14,16H,6-10H2,1H3/t11-/m1/s1. The molecular weight excluding hydrogens is 200 g/mol. The van der Waals surface area contributed by atoms with Crippen LogP contribution in [0.15, 0.2) is 24.3 Å². The van der Waals surface area contributed by atoms with Crippen molar-refractivity contribution in [3.05, 3.63) is 35.4 Å². The summed E-state index contributed by atoms with van der Waals surface area (Å²) >= 11 is 0. The van der Waals surface area contributed by atoms with Gasteiger partial charge in [-0.1, -0.05) is 24.3 Å². The first kappa shape index (κ1) is 11.6. The van der Waals surface area contributed by atoms with Gasteiger partial charge in [-0.05, 0) is 18.1 Å². The number of rotatable bonds is 3.